The highest BCUT2D eigenvalue weighted by atomic mass is 32.1. The number of pyridine rings is 1. The van der Waals surface area contributed by atoms with Crippen molar-refractivity contribution < 1.29 is 4.79 Å². The number of carbonyl (C=O) groups is 1. The molecule has 1 aromatic carbocycles. The van der Waals surface area contributed by atoms with Crippen LogP contribution in [0.4, 0.5) is 0 Å². The number of hydrogen-bond donors (Lipinski definition) is 2. The Bertz CT molecular complexity index is 1210. The minimum absolute atomic E-state index is 0.256. The van der Waals surface area contributed by atoms with Crippen LogP contribution in [0.15, 0.2) is 65.7 Å². The number of benzene rings is 1. The van der Waals surface area contributed by atoms with E-state index in [-0.39, 0.29) is 17.5 Å². The van der Waals surface area contributed by atoms with E-state index in [4.69, 9.17) is 0 Å². The molecule has 30 heavy (non-hydrogen) atoms. The Balaban J connectivity index is 1.65. The van der Waals surface area contributed by atoms with Crippen molar-refractivity contribution in [2.75, 3.05) is 0 Å². The van der Waals surface area contributed by atoms with E-state index in [1.165, 1.54) is 6.07 Å². The van der Waals surface area contributed by atoms with E-state index < -0.39 is 0 Å². The van der Waals surface area contributed by atoms with Crippen LogP contribution in [0, 0.1) is 6.92 Å². The maximum Gasteiger partial charge on any atom is 0.265 e. The summed E-state index contributed by atoms with van der Waals surface area (Å²) < 4.78 is 3.83. The second-order valence-corrected chi connectivity index (χ2v) is 7.41. The predicted octanol–water partition coefficient (Wildman–Crippen LogP) is 2.71. The second kappa shape index (κ2) is 8.75. The number of amides is 1. The van der Waals surface area contributed by atoms with E-state index in [1.807, 2.05) is 36.4 Å². The quantitative estimate of drug-likeness (QED) is 0.498. The smallest absolute Gasteiger partial charge is 0.265 e. The standard InChI is InChI=1S/C21H18N6O2S/c1-13-19(30-27-26-13)21(29)24-17(14-6-3-2-4-7-14)10-16-11-18(28)25-20(23-16)15-8-5-9-22-12-15/h2-9,11-12,17H,10H2,1H3,(H,24,29)(H,23,25,28). The summed E-state index contributed by atoms with van der Waals surface area (Å²) in [7, 11) is 0. The predicted molar refractivity (Wildman–Crippen MR) is 113 cm³/mol. The van der Waals surface area contributed by atoms with Gasteiger partial charge in [-0.1, -0.05) is 34.8 Å². The molecule has 1 unspecified atom stereocenters. The van der Waals surface area contributed by atoms with Gasteiger partial charge in [-0.2, -0.15) is 0 Å². The van der Waals surface area contributed by atoms with Gasteiger partial charge < -0.3 is 10.3 Å². The van der Waals surface area contributed by atoms with Gasteiger partial charge in [-0.05, 0) is 36.2 Å². The highest BCUT2D eigenvalue weighted by molar-refractivity contribution is 7.08. The van der Waals surface area contributed by atoms with E-state index >= 15 is 0 Å². The molecular formula is C21H18N6O2S. The molecule has 0 bridgehead atoms. The molecule has 0 fully saturated rings. The Labute approximate surface area is 176 Å². The molecule has 3 heterocycles. The third-order valence-corrected chi connectivity index (χ3v) is 5.33. The highest BCUT2D eigenvalue weighted by Gasteiger charge is 2.20. The number of rotatable bonds is 6. The third kappa shape index (κ3) is 4.47. The molecule has 0 saturated carbocycles. The topological polar surface area (TPSA) is 114 Å². The van der Waals surface area contributed by atoms with Crippen molar-refractivity contribution in [3.05, 3.63) is 93.1 Å². The molecule has 0 radical (unpaired) electrons. The summed E-state index contributed by atoms with van der Waals surface area (Å²) in [5.74, 6) is 0.180. The van der Waals surface area contributed by atoms with Crippen molar-refractivity contribution >= 4 is 17.4 Å². The largest absolute Gasteiger partial charge is 0.344 e. The van der Waals surface area contributed by atoms with Crippen LogP contribution in [-0.4, -0.2) is 30.4 Å². The van der Waals surface area contributed by atoms with E-state index in [0.717, 1.165) is 17.1 Å². The first-order chi connectivity index (χ1) is 14.6. The van der Waals surface area contributed by atoms with Gasteiger partial charge in [0.2, 0.25) is 0 Å². The number of nitrogens with zero attached hydrogens (tertiary/aromatic N) is 4. The molecule has 1 amide bonds. The fraction of sp³-hybridized carbons (Fsp3) is 0.143. The molecular weight excluding hydrogens is 400 g/mol. The van der Waals surface area contributed by atoms with Gasteiger partial charge in [0.25, 0.3) is 11.5 Å². The number of aromatic amines is 1. The summed E-state index contributed by atoms with van der Waals surface area (Å²) in [4.78, 5) is 36.9. The van der Waals surface area contributed by atoms with Crippen molar-refractivity contribution in [1.29, 1.82) is 0 Å². The molecule has 0 aliphatic heterocycles. The molecule has 4 aromatic rings. The van der Waals surface area contributed by atoms with Crippen molar-refractivity contribution in [2.45, 2.75) is 19.4 Å². The number of hydrogen-bond acceptors (Lipinski definition) is 7. The van der Waals surface area contributed by atoms with E-state index in [2.05, 4.69) is 29.9 Å². The molecule has 0 aliphatic rings. The fourth-order valence-corrected chi connectivity index (χ4v) is 3.62. The van der Waals surface area contributed by atoms with Gasteiger partial charge >= 0.3 is 0 Å². The van der Waals surface area contributed by atoms with Crippen molar-refractivity contribution in [3.63, 3.8) is 0 Å². The van der Waals surface area contributed by atoms with Gasteiger partial charge in [0, 0.05) is 30.4 Å². The number of H-pyrrole nitrogens is 1. The molecule has 9 heteroatoms. The molecule has 2 N–H and O–H groups in total. The number of aryl methyl sites for hydroxylation is 1. The lowest BCUT2D eigenvalue weighted by Gasteiger charge is -2.19. The van der Waals surface area contributed by atoms with Gasteiger partial charge in [-0.15, -0.1) is 5.10 Å². The third-order valence-electron chi connectivity index (χ3n) is 4.51. The normalized spacial score (nSPS) is 11.8. The van der Waals surface area contributed by atoms with Crippen LogP contribution in [0.3, 0.4) is 0 Å². The van der Waals surface area contributed by atoms with Crippen molar-refractivity contribution in [3.8, 4) is 11.4 Å². The Morgan fingerprint density at radius 2 is 2.03 bits per heavy atom. The Morgan fingerprint density at radius 3 is 2.73 bits per heavy atom. The van der Waals surface area contributed by atoms with Crippen molar-refractivity contribution in [2.24, 2.45) is 0 Å². The first kappa shape index (κ1) is 19.6. The molecule has 0 spiro atoms. The first-order valence-corrected chi connectivity index (χ1v) is 10.0. The minimum Gasteiger partial charge on any atom is -0.344 e. The summed E-state index contributed by atoms with van der Waals surface area (Å²) in [5.41, 5.74) is 2.50. The van der Waals surface area contributed by atoms with Crippen LogP contribution in [0.2, 0.25) is 0 Å². The van der Waals surface area contributed by atoms with Gasteiger partial charge in [0.1, 0.15) is 10.7 Å². The van der Waals surface area contributed by atoms with Crippen molar-refractivity contribution in [1.82, 2.24) is 29.9 Å². The van der Waals surface area contributed by atoms with Crippen LogP contribution < -0.4 is 10.9 Å². The summed E-state index contributed by atoms with van der Waals surface area (Å²) in [6.45, 7) is 1.74. The van der Waals surface area contributed by atoms with Gasteiger partial charge in [-0.3, -0.25) is 14.6 Å². The zero-order valence-corrected chi connectivity index (χ0v) is 16.9. The Hall–Kier alpha value is -3.72. The van der Waals surface area contributed by atoms with Gasteiger partial charge in [0.15, 0.2) is 0 Å². The minimum atomic E-state index is -0.378. The average Bonchev–Trinajstić information content (AvgIpc) is 3.20. The molecule has 0 saturated heterocycles. The van der Waals surface area contributed by atoms with E-state index in [9.17, 15) is 9.59 Å². The first-order valence-electron chi connectivity index (χ1n) is 9.25. The molecule has 3 aromatic heterocycles. The maximum absolute atomic E-state index is 12.8. The molecule has 1 atom stereocenters. The lowest BCUT2D eigenvalue weighted by Crippen LogP contribution is -2.30. The number of nitrogens with one attached hydrogen (secondary N) is 2. The second-order valence-electron chi connectivity index (χ2n) is 6.66. The maximum atomic E-state index is 12.8. The Morgan fingerprint density at radius 1 is 1.20 bits per heavy atom. The van der Waals surface area contributed by atoms with E-state index in [0.29, 0.717) is 34.1 Å². The lowest BCUT2D eigenvalue weighted by molar-refractivity contribution is 0.0939. The summed E-state index contributed by atoms with van der Waals surface area (Å²) in [5, 5.41) is 6.93. The van der Waals surface area contributed by atoms with Crippen LogP contribution in [-0.2, 0) is 6.42 Å². The summed E-state index contributed by atoms with van der Waals surface area (Å²) in [6.07, 6.45) is 3.64. The zero-order valence-electron chi connectivity index (χ0n) is 16.1. The monoisotopic (exact) mass is 418 g/mol. The SMILES string of the molecule is Cc1nnsc1C(=O)NC(Cc1cc(=O)[nH]c(-c2cccnc2)n1)c1ccccc1. The van der Waals surface area contributed by atoms with E-state index in [1.54, 1.807) is 25.4 Å². The summed E-state index contributed by atoms with van der Waals surface area (Å²) >= 11 is 1.05. The Kier molecular flexibility index (Phi) is 5.71. The zero-order chi connectivity index (χ0) is 20.9. The van der Waals surface area contributed by atoms with Gasteiger partial charge in [-0.25, -0.2) is 4.98 Å². The van der Waals surface area contributed by atoms with Crippen LogP contribution in [0.5, 0.6) is 0 Å². The van der Waals surface area contributed by atoms with Gasteiger partial charge in [0.05, 0.1) is 17.4 Å². The average molecular weight is 418 g/mol. The molecule has 0 aliphatic carbocycles. The molecule has 8 nitrogen and oxygen atoms in total. The molecule has 4 rings (SSSR count). The summed E-state index contributed by atoms with van der Waals surface area (Å²) in [6, 6.07) is 14.2. The van der Waals surface area contributed by atoms with Crippen LogP contribution in [0.25, 0.3) is 11.4 Å². The molecule has 150 valence electrons. The lowest BCUT2D eigenvalue weighted by atomic mass is 10.0. The van der Waals surface area contributed by atoms with Crippen LogP contribution in [0.1, 0.15) is 32.7 Å². The number of aromatic nitrogens is 5. The van der Waals surface area contributed by atoms with Crippen LogP contribution >= 0.6 is 11.5 Å². The highest BCUT2D eigenvalue weighted by Crippen LogP contribution is 2.20. The number of carbonyl (C=O) groups excluding carboxylic acids is 1. The fourth-order valence-electron chi connectivity index (χ4n) is 3.06.